The summed E-state index contributed by atoms with van der Waals surface area (Å²) in [5, 5.41) is 0. The summed E-state index contributed by atoms with van der Waals surface area (Å²) in [6, 6.07) is 8.10. The average Bonchev–Trinajstić information content (AvgIpc) is 3.21. The van der Waals surface area contributed by atoms with Crippen LogP contribution in [-0.4, -0.2) is 0 Å². The van der Waals surface area contributed by atoms with Crippen LogP contribution < -0.4 is 5.73 Å². The summed E-state index contributed by atoms with van der Waals surface area (Å²) in [6.07, 6.45) is 7.53. The highest BCUT2D eigenvalue weighted by atomic mass is 16.5. The lowest BCUT2D eigenvalue weighted by Gasteiger charge is -2.23. The van der Waals surface area contributed by atoms with E-state index in [-0.39, 0.29) is 5.60 Å². The molecular weight excluding hydrogens is 282 g/mol. The summed E-state index contributed by atoms with van der Waals surface area (Å²) in [5.74, 6) is 1.33. The molecule has 0 spiro atoms. The predicted molar refractivity (Wildman–Crippen MR) is 99.0 cm³/mol. The lowest BCUT2D eigenvalue weighted by atomic mass is 10.0. The van der Waals surface area contributed by atoms with E-state index >= 15 is 0 Å². The highest BCUT2D eigenvalue weighted by molar-refractivity contribution is 5.44. The van der Waals surface area contributed by atoms with Crippen LogP contribution in [0.2, 0.25) is 0 Å². The molecule has 2 atom stereocenters. The van der Waals surface area contributed by atoms with Gasteiger partial charge in [-0.15, -0.1) is 0 Å². The second-order valence-electron chi connectivity index (χ2n) is 6.53. The summed E-state index contributed by atoms with van der Waals surface area (Å²) in [4.78, 5) is 0. The fraction of sp³-hybridized carbons (Fsp3) is 0.429. The van der Waals surface area contributed by atoms with Crippen LogP contribution in [0.25, 0.3) is 0 Å². The van der Waals surface area contributed by atoms with Crippen molar-refractivity contribution in [1.29, 1.82) is 0 Å². The molecule has 2 nitrogen and oxygen atoms in total. The molecule has 0 bridgehead atoms. The number of hydrogen-bond acceptors (Lipinski definition) is 2. The lowest BCUT2D eigenvalue weighted by molar-refractivity contribution is 0.0811. The molecule has 0 saturated heterocycles. The van der Waals surface area contributed by atoms with Crippen molar-refractivity contribution in [3.05, 3.63) is 65.5 Å². The minimum Gasteiger partial charge on any atom is -0.483 e. The maximum Gasteiger partial charge on any atom is 0.137 e. The highest BCUT2D eigenvalue weighted by Crippen LogP contribution is 2.58. The normalized spacial score (nSPS) is 24.4. The smallest absolute Gasteiger partial charge is 0.137 e. The van der Waals surface area contributed by atoms with Crippen molar-refractivity contribution in [3.8, 4) is 0 Å². The van der Waals surface area contributed by atoms with Crippen molar-refractivity contribution < 1.29 is 4.74 Å². The fourth-order valence-electron chi connectivity index (χ4n) is 3.18. The molecule has 0 amide bonds. The quantitative estimate of drug-likeness (QED) is 0.396. The molecular formula is C21H29NO. The number of rotatable bonds is 7. The zero-order valence-corrected chi connectivity index (χ0v) is 14.9. The Hall–Kier alpha value is -1.96. The molecule has 0 radical (unpaired) electrons. The Balaban J connectivity index is 2.26. The van der Waals surface area contributed by atoms with Gasteiger partial charge in [0.15, 0.2) is 0 Å². The molecule has 124 valence electrons. The van der Waals surface area contributed by atoms with Gasteiger partial charge in [0.2, 0.25) is 0 Å². The number of ether oxygens (including phenoxy) is 1. The van der Waals surface area contributed by atoms with Gasteiger partial charge in [0.25, 0.3) is 0 Å². The van der Waals surface area contributed by atoms with Crippen LogP contribution in [0, 0.1) is 5.92 Å². The van der Waals surface area contributed by atoms with Gasteiger partial charge in [-0.2, -0.15) is 0 Å². The second-order valence-corrected chi connectivity index (χ2v) is 6.53. The van der Waals surface area contributed by atoms with Gasteiger partial charge in [-0.1, -0.05) is 44.2 Å². The third-order valence-electron chi connectivity index (χ3n) is 4.82. The van der Waals surface area contributed by atoms with E-state index in [1.165, 1.54) is 24.0 Å². The zero-order chi connectivity index (χ0) is 17.0. The van der Waals surface area contributed by atoms with E-state index in [4.69, 9.17) is 10.5 Å². The third-order valence-corrected chi connectivity index (χ3v) is 4.82. The van der Waals surface area contributed by atoms with Crippen LogP contribution in [0.5, 0.6) is 0 Å². The zero-order valence-electron chi connectivity index (χ0n) is 14.9. The van der Waals surface area contributed by atoms with Gasteiger partial charge < -0.3 is 10.5 Å². The predicted octanol–water partition coefficient (Wildman–Crippen LogP) is 5.73. The van der Waals surface area contributed by atoms with Crippen LogP contribution in [0.15, 0.2) is 59.9 Å². The molecule has 1 aliphatic carbocycles. The van der Waals surface area contributed by atoms with Crippen molar-refractivity contribution in [2.24, 2.45) is 5.92 Å². The van der Waals surface area contributed by atoms with E-state index in [9.17, 15) is 0 Å². The van der Waals surface area contributed by atoms with Gasteiger partial charge in [0, 0.05) is 11.6 Å². The van der Waals surface area contributed by atoms with Crippen molar-refractivity contribution in [2.75, 3.05) is 5.73 Å². The van der Waals surface area contributed by atoms with Crippen LogP contribution in [0.1, 0.15) is 52.5 Å². The SMILES string of the molecule is C=C(OC1(c2ccc(N)cc2)CC1CCC)/C(C)=C(C)\C=C/C. The maximum atomic E-state index is 6.44. The summed E-state index contributed by atoms with van der Waals surface area (Å²) < 4.78 is 6.44. The molecule has 1 aromatic carbocycles. The number of anilines is 1. The first kappa shape index (κ1) is 17.4. The number of allylic oxidation sites excluding steroid dienone is 4. The summed E-state index contributed by atoms with van der Waals surface area (Å²) >= 11 is 0. The molecule has 1 saturated carbocycles. The molecule has 0 heterocycles. The molecule has 2 heteroatoms. The van der Waals surface area contributed by atoms with E-state index in [1.54, 1.807) is 0 Å². The van der Waals surface area contributed by atoms with Gasteiger partial charge in [-0.3, -0.25) is 0 Å². The van der Waals surface area contributed by atoms with Crippen molar-refractivity contribution in [2.45, 2.75) is 52.6 Å². The van der Waals surface area contributed by atoms with Gasteiger partial charge in [-0.25, -0.2) is 0 Å². The first-order valence-corrected chi connectivity index (χ1v) is 8.49. The van der Waals surface area contributed by atoms with Gasteiger partial charge in [0.05, 0.1) is 0 Å². The molecule has 0 aliphatic heterocycles. The molecule has 1 aliphatic rings. The average molecular weight is 311 g/mol. The minimum atomic E-state index is -0.224. The summed E-state index contributed by atoms with van der Waals surface area (Å²) in [7, 11) is 0. The van der Waals surface area contributed by atoms with Crippen LogP contribution in [-0.2, 0) is 10.3 Å². The number of hydrogen-bond donors (Lipinski definition) is 1. The van der Waals surface area contributed by atoms with Crippen LogP contribution in [0.4, 0.5) is 5.69 Å². The number of nitrogen functional groups attached to an aromatic ring is 1. The number of benzene rings is 1. The van der Waals surface area contributed by atoms with Crippen molar-refractivity contribution >= 4 is 5.69 Å². The third kappa shape index (κ3) is 3.69. The second kappa shape index (κ2) is 7.08. The molecule has 2 unspecified atom stereocenters. The summed E-state index contributed by atoms with van der Waals surface area (Å²) in [5.41, 5.74) is 9.91. The molecule has 2 N–H and O–H groups in total. The van der Waals surface area contributed by atoms with E-state index in [0.29, 0.717) is 5.92 Å². The Morgan fingerprint density at radius 1 is 1.35 bits per heavy atom. The number of nitrogens with two attached hydrogens (primary N) is 1. The van der Waals surface area contributed by atoms with Gasteiger partial charge in [-0.05, 0) is 62.5 Å². The van der Waals surface area contributed by atoms with E-state index in [0.717, 1.165) is 23.4 Å². The fourth-order valence-corrected chi connectivity index (χ4v) is 3.18. The first-order valence-electron chi connectivity index (χ1n) is 8.49. The summed E-state index contributed by atoms with van der Waals surface area (Å²) in [6.45, 7) is 12.6. The van der Waals surface area contributed by atoms with E-state index < -0.39 is 0 Å². The first-order chi connectivity index (χ1) is 10.9. The van der Waals surface area contributed by atoms with Crippen molar-refractivity contribution in [1.82, 2.24) is 0 Å². The van der Waals surface area contributed by atoms with E-state index in [1.807, 2.05) is 25.1 Å². The Labute approximate surface area is 140 Å². The van der Waals surface area contributed by atoms with Crippen LogP contribution >= 0.6 is 0 Å². The van der Waals surface area contributed by atoms with Gasteiger partial charge in [0.1, 0.15) is 11.4 Å². The molecule has 0 aromatic heterocycles. The Morgan fingerprint density at radius 3 is 2.57 bits per heavy atom. The molecule has 23 heavy (non-hydrogen) atoms. The standard InChI is InChI=1S/C21H29NO/c1-6-8-15(3)16(4)17(5)23-21(14-19(21)9-7-2)18-10-12-20(22)13-11-18/h6,8,10-13,19H,5,7,9,14,22H2,1-4H3/b8-6-,16-15-. The largest absolute Gasteiger partial charge is 0.483 e. The van der Waals surface area contributed by atoms with Crippen molar-refractivity contribution in [3.63, 3.8) is 0 Å². The Bertz CT molecular complexity index is 624. The highest BCUT2D eigenvalue weighted by Gasteiger charge is 2.57. The van der Waals surface area contributed by atoms with E-state index in [2.05, 4.69) is 45.6 Å². The lowest BCUT2D eigenvalue weighted by Crippen LogP contribution is -2.16. The maximum absolute atomic E-state index is 6.44. The Kier molecular flexibility index (Phi) is 5.35. The monoisotopic (exact) mass is 311 g/mol. The topological polar surface area (TPSA) is 35.2 Å². The molecule has 1 fully saturated rings. The van der Waals surface area contributed by atoms with Gasteiger partial charge >= 0.3 is 0 Å². The molecule has 2 rings (SSSR count). The minimum absolute atomic E-state index is 0.224. The van der Waals surface area contributed by atoms with Crippen LogP contribution in [0.3, 0.4) is 0 Å². The molecule has 1 aromatic rings. The Morgan fingerprint density at radius 2 is 2.00 bits per heavy atom.